The quantitative estimate of drug-likeness (QED) is 0.643. The number of rotatable bonds is 5. The molecule has 0 spiro atoms. The van der Waals surface area contributed by atoms with E-state index < -0.39 is 0 Å². The molecule has 1 nitrogen and oxygen atoms in total. The summed E-state index contributed by atoms with van der Waals surface area (Å²) in [5.74, 6) is 3.32. The van der Waals surface area contributed by atoms with Gasteiger partial charge in [-0.2, -0.15) is 0 Å². The van der Waals surface area contributed by atoms with E-state index >= 15 is 0 Å². The maximum Gasteiger partial charge on any atom is -0.00150 e. The van der Waals surface area contributed by atoms with Gasteiger partial charge in [0.05, 0.1) is 0 Å². The molecule has 2 saturated carbocycles. The molecule has 0 radical (unpaired) electrons. The summed E-state index contributed by atoms with van der Waals surface area (Å²) in [5.41, 5.74) is 0. The van der Waals surface area contributed by atoms with E-state index in [1.807, 2.05) is 0 Å². The standard InChI is InChI=1S/C12H23N/c1-2-3-8-13-9-12-10-6-4-5-7-11(10)12/h10-13H,2-9H2,1H3. The Morgan fingerprint density at radius 3 is 2.46 bits per heavy atom. The zero-order valence-electron chi connectivity index (χ0n) is 8.89. The van der Waals surface area contributed by atoms with Crippen molar-refractivity contribution >= 4 is 0 Å². The highest BCUT2D eigenvalue weighted by Crippen LogP contribution is 2.54. The van der Waals surface area contributed by atoms with Crippen LogP contribution in [-0.4, -0.2) is 13.1 Å². The van der Waals surface area contributed by atoms with Gasteiger partial charge < -0.3 is 5.32 Å². The Labute approximate surface area is 82.3 Å². The van der Waals surface area contributed by atoms with Gasteiger partial charge in [0.2, 0.25) is 0 Å². The van der Waals surface area contributed by atoms with E-state index in [1.165, 1.54) is 51.6 Å². The Morgan fingerprint density at radius 1 is 1.15 bits per heavy atom. The first-order valence-corrected chi connectivity index (χ1v) is 6.14. The van der Waals surface area contributed by atoms with Crippen LogP contribution < -0.4 is 5.32 Å². The monoisotopic (exact) mass is 181 g/mol. The number of hydrogen-bond donors (Lipinski definition) is 1. The zero-order chi connectivity index (χ0) is 9.10. The Morgan fingerprint density at radius 2 is 1.85 bits per heavy atom. The third kappa shape index (κ3) is 2.25. The van der Waals surface area contributed by atoms with Crippen molar-refractivity contribution in [2.75, 3.05) is 13.1 Å². The minimum absolute atomic E-state index is 1.07. The van der Waals surface area contributed by atoms with Crippen molar-refractivity contribution in [3.8, 4) is 0 Å². The van der Waals surface area contributed by atoms with Gasteiger partial charge >= 0.3 is 0 Å². The number of unbranched alkanes of at least 4 members (excludes halogenated alkanes) is 1. The Balaban J connectivity index is 1.57. The maximum atomic E-state index is 3.60. The Bertz CT molecular complexity index is 143. The van der Waals surface area contributed by atoms with E-state index in [2.05, 4.69) is 12.2 Å². The zero-order valence-corrected chi connectivity index (χ0v) is 8.89. The molecule has 1 heteroatoms. The fourth-order valence-corrected chi connectivity index (χ4v) is 3.01. The molecule has 2 aliphatic rings. The summed E-state index contributed by atoms with van der Waals surface area (Å²) in [4.78, 5) is 0. The molecule has 13 heavy (non-hydrogen) atoms. The van der Waals surface area contributed by atoms with Crippen LogP contribution in [-0.2, 0) is 0 Å². The first kappa shape index (κ1) is 9.51. The van der Waals surface area contributed by atoms with Crippen molar-refractivity contribution in [1.82, 2.24) is 5.32 Å². The van der Waals surface area contributed by atoms with Gasteiger partial charge in [-0.05, 0) is 50.1 Å². The summed E-state index contributed by atoms with van der Waals surface area (Å²) in [5, 5.41) is 3.60. The van der Waals surface area contributed by atoms with Gasteiger partial charge in [0.25, 0.3) is 0 Å². The second-order valence-corrected chi connectivity index (χ2v) is 4.83. The summed E-state index contributed by atoms with van der Waals surface area (Å²) in [7, 11) is 0. The molecule has 76 valence electrons. The highest BCUT2D eigenvalue weighted by molar-refractivity contribution is 4.99. The molecular formula is C12H23N. The topological polar surface area (TPSA) is 12.0 Å². The third-order valence-electron chi connectivity index (χ3n) is 3.92. The van der Waals surface area contributed by atoms with Crippen molar-refractivity contribution in [2.45, 2.75) is 45.4 Å². The molecule has 0 aromatic carbocycles. The number of fused-ring (bicyclic) bond motifs is 1. The fraction of sp³-hybridized carbons (Fsp3) is 1.00. The lowest BCUT2D eigenvalue weighted by molar-refractivity contribution is 0.480. The third-order valence-corrected chi connectivity index (χ3v) is 3.92. The highest BCUT2D eigenvalue weighted by Gasteiger charge is 2.49. The van der Waals surface area contributed by atoms with Gasteiger partial charge in [-0.1, -0.05) is 26.2 Å². The Hall–Kier alpha value is -0.0400. The van der Waals surface area contributed by atoms with Gasteiger partial charge in [-0.25, -0.2) is 0 Å². The van der Waals surface area contributed by atoms with E-state index in [0.29, 0.717) is 0 Å². The van der Waals surface area contributed by atoms with Crippen LogP contribution in [0.4, 0.5) is 0 Å². The first-order chi connectivity index (χ1) is 6.43. The molecule has 0 aliphatic heterocycles. The van der Waals surface area contributed by atoms with Crippen molar-refractivity contribution in [3.63, 3.8) is 0 Å². The Kier molecular flexibility index (Phi) is 3.26. The lowest BCUT2D eigenvalue weighted by Gasteiger charge is -2.04. The van der Waals surface area contributed by atoms with E-state index in [-0.39, 0.29) is 0 Å². The molecule has 0 heterocycles. The fourth-order valence-electron chi connectivity index (χ4n) is 3.01. The van der Waals surface area contributed by atoms with Crippen LogP contribution in [0.3, 0.4) is 0 Å². The van der Waals surface area contributed by atoms with Gasteiger partial charge in [0.1, 0.15) is 0 Å². The van der Waals surface area contributed by atoms with Crippen molar-refractivity contribution in [3.05, 3.63) is 0 Å². The maximum absolute atomic E-state index is 3.60. The summed E-state index contributed by atoms with van der Waals surface area (Å²) >= 11 is 0. The molecule has 2 aliphatic carbocycles. The van der Waals surface area contributed by atoms with Gasteiger partial charge in [-0.3, -0.25) is 0 Å². The lowest BCUT2D eigenvalue weighted by Crippen LogP contribution is -2.18. The summed E-state index contributed by atoms with van der Waals surface area (Å²) in [6.07, 6.45) is 8.75. The highest BCUT2D eigenvalue weighted by atomic mass is 14.9. The molecule has 0 aromatic rings. The lowest BCUT2D eigenvalue weighted by atomic mass is 10.0. The van der Waals surface area contributed by atoms with Crippen LogP contribution in [0, 0.1) is 17.8 Å². The van der Waals surface area contributed by atoms with Gasteiger partial charge in [0.15, 0.2) is 0 Å². The average molecular weight is 181 g/mol. The smallest absolute Gasteiger partial charge is 0.00150 e. The normalized spacial score (nSPS) is 37.2. The van der Waals surface area contributed by atoms with Crippen LogP contribution >= 0.6 is 0 Å². The predicted octanol–water partition coefficient (Wildman–Crippen LogP) is 2.81. The SMILES string of the molecule is CCCCNCC1C2CCCCC21. The molecule has 0 amide bonds. The van der Waals surface area contributed by atoms with Crippen LogP contribution in [0.25, 0.3) is 0 Å². The second-order valence-electron chi connectivity index (χ2n) is 4.83. The molecule has 2 atom stereocenters. The average Bonchev–Trinajstić information content (AvgIpc) is 2.87. The molecule has 0 saturated heterocycles. The van der Waals surface area contributed by atoms with Crippen LogP contribution in [0.1, 0.15) is 45.4 Å². The summed E-state index contributed by atoms with van der Waals surface area (Å²) < 4.78 is 0. The minimum atomic E-state index is 1.07. The van der Waals surface area contributed by atoms with E-state index in [4.69, 9.17) is 0 Å². The van der Waals surface area contributed by atoms with Crippen molar-refractivity contribution < 1.29 is 0 Å². The second kappa shape index (κ2) is 4.45. The molecule has 1 N–H and O–H groups in total. The predicted molar refractivity (Wildman–Crippen MR) is 56.7 cm³/mol. The minimum Gasteiger partial charge on any atom is -0.316 e. The van der Waals surface area contributed by atoms with Crippen molar-refractivity contribution in [1.29, 1.82) is 0 Å². The molecule has 2 rings (SSSR count). The summed E-state index contributed by atoms with van der Waals surface area (Å²) in [6, 6.07) is 0. The van der Waals surface area contributed by atoms with Gasteiger partial charge in [-0.15, -0.1) is 0 Å². The van der Waals surface area contributed by atoms with Crippen molar-refractivity contribution in [2.24, 2.45) is 17.8 Å². The largest absolute Gasteiger partial charge is 0.316 e. The van der Waals surface area contributed by atoms with E-state index in [9.17, 15) is 0 Å². The molecule has 0 aromatic heterocycles. The molecule has 2 fully saturated rings. The van der Waals surface area contributed by atoms with Crippen LogP contribution in [0.15, 0.2) is 0 Å². The van der Waals surface area contributed by atoms with Crippen LogP contribution in [0.5, 0.6) is 0 Å². The number of nitrogens with one attached hydrogen (secondary N) is 1. The molecule has 2 unspecified atom stereocenters. The molecular weight excluding hydrogens is 158 g/mol. The summed E-state index contributed by atoms with van der Waals surface area (Å²) in [6.45, 7) is 4.82. The molecule has 0 bridgehead atoms. The van der Waals surface area contributed by atoms with Gasteiger partial charge in [0, 0.05) is 0 Å². The van der Waals surface area contributed by atoms with Crippen LogP contribution in [0.2, 0.25) is 0 Å². The first-order valence-electron chi connectivity index (χ1n) is 6.14. The number of hydrogen-bond acceptors (Lipinski definition) is 1. The van der Waals surface area contributed by atoms with E-state index in [1.54, 1.807) is 0 Å². The van der Waals surface area contributed by atoms with E-state index in [0.717, 1.165) is 17.8 Å².